The van der Waals surface area contributed by atoms with Crippen molar-refractivity contribution in [1.82, 2.24) is 55.1 Å². The maximum Gasteiger partial charge on any atom is 0.393 e. The van der Waals surface area contributed by atoms with Crippen LogP contribution in [0.15, 0.2) is 0 Å². The molecule has 6 fully saturated rings. The Hall–Kier alpha value is -5.75. The first-order valence-electron chi connectivity index (χ1n) is 34.0. The van der Waals surface area contributed by atoms with Crippen LogP contribution in [0.25, 0.3) is 0 Å². The summed E-state index contributed by atoms with van der Waals surface area (Å²) in [6.07, 6.45) is 7.79. The van der Waals surface area contributed by atoms with Crippen LogP contribution < -0.4 is 16.0 Å². The molecule has 92 heavy (non-hydrogen) atoms. The summed E-state index contributed by atoms with van der Waals surface area (Å²) in [7, 11) is 10.2. The fourth-order valence-corrected chi connectivity index (χ4v) is 15.2. The van der Waals surface area contributed by atoms with Crippen LogP contribution in [-0.4, -0.2) is 239 Å². The van der Waals surface area contributed by atoms with Gasteiger partial charge >= 0.3 is 6.18 Å². The highest BCUT2D eigenvalue weighted by Gasteiger charge is 2.51. The Morgan fingerprint density at radius 1 is 0.576 bits per heavy atom. The van der Waals surface area contributed by atoms with Crippen LogP contribution in [0.2, 0.25) is 0 Å². The number of nitrogens with zero attached hydrogens (tertiary/aromatic N) is 8. The van der Waals surface area contributed by atoms with Crippen LogP contribution in [0, 0.1) is 29.6 Å². The van der Waals surface area contributed by atoms with Gasteiger partial charge in [-0.05, 0) is 115 Å². The van der Waals surface area contributed by atoms with Crippen LogP contribution in [0.5, 0.6) is 0 Å². The number of nitrogens with one attached hydrogen (secondary N) is 3. The van der Waals surface area contributed by atoms with E-state index in [0.29, 0.717) is 44.9 Å². The van der Waals surface area contributed by atoms with Gasteiger partial charge in [0.15, 0.2) is 0 Å². The van der Waals surface area contributed by atoms with Crippen LogP contribution in [0.3, 0.4) is 0 Å². The van der Waals surface area contributed by atoms with E-state index in [2.05, 4.69) is 16.0 Å². The Morgan fingerprint density at radius 2 is 1.17 bits per heavy atom. The predicted molar refractivity (Wildman–Crippen MR) is 341 cm³/mol. The SMILES string of the molecule is CC[C@H](C)[C@@H]1NC(=O)[C@H](C)N(C)C(=O)C[C@@H](C)N(C)C(=O)[C@H](C2CCC2)N(C)C(=O)C2(CCCC2)NC(=O)CN(C2CCCCC2)C(=O)[C@H](CCC2CCC(C(F)(F)F)C(Cl)C2)NC(=O)CN(C)C(=O)[C@H](CC2CCCCC2)N(C)C(=O)CN(C)C(=O)CN(C)C1=O. The third-order valence-electron chi connectivity index (χ3n) is 21.6. The number of carbonyl (C=O) groups is 11. The molecule has 520 valence electrons. The molecule has 1 saturated heterocycles. The van der Waals surface area contributed by atoms with E-state index in [1.54, 1.807) is 27.9 Å². The Kier molecular flexibility index (Phi) is 27.5. The third-order valence-corrected chi connectivity index (χ3v) is 22.1. The average Bonchev–Trinajstić information content (AvgIpc) is 1.34. The Morgan fingerprint density at radius 3 is 1.75 bits per heavy atom. The van der Waals surface area contributed by atoms with Gasteiger partial charge in [0.05, 0.1) is 32.1 Å². The van der Waals surface area contributed by atoms with Gasteiger partial charge in [0, 0.05) is 73.2 Å². The van der Waals surface area contributed by atoms with E-state index in [1.807, 2.05) is 6.92 Å². The first-order chi connectivity index (χ1) is 43.3. The molecule has 5 aliphatic carbocycles. The van der Waals surface area contributed by atoms with Crippen molar-refractivity contribution in [2.75, 3.05) is 75.5 Å². The van der Waals surface area contributed by atoms with Gasteiger partial charge in [-0.15, -0.1) is 11.6 Å². The van der Waals surface area contributed by atoms with Gasteiger partial charge in [-0.1, -0.05) is 90.9 Å². The van der Waals surface area contributed by atoms with Gasteiger partial charge in [0.2, 0.25) is 65.0 Å². The van der Waals surface area contributed by atoms with E-state index in [1.165, 1.54) is 71.6 Å². The van der Waals surface area contributed by atoms with Crippen molar-refractivity contribution in [1.29, 1.82) is 0 Å². The van der Waals surface area contributed by atoms with E-state index in [4.69, 9.17) is 11.6 Å². The molecule has 1 aliphatic heterocycles. The smallest absolute Gasteiger partial charge is 0.343 e. The van der Waals surface area contributed by atoms with Crippen LogP contribution in [-0.2, 0) is 52.7 Å². The molecule has 6 rings (SSSR count). The second kappa shape index (κ2) is 33.6. The summed E-state index contributed by atoms with van der Waals surface area (Å²) in [5.41, 5.74) is -1.46. The fraction of sp³-hybridized carbons (Fsp3) is 0.833. The summed E-state index contributed by atoms with van der Waals surface area (Å²) < 4.78 is 42.0. The molecule has 1 heterocycles. The summed E-state index contributed by atoms with van der Waals surface area (Å²) in [6.45, 7) is 4.78. The van der Waals surface area contributed by atoms with E-state index in [0.717, 1.165) is 67.6 Å². The van der Waals surface area contributed by atoms with Gasteiger partial charge in [0.25, 0.3) is 0 Å². The molecule has 0 radical (unpaired) electrons. The van der Waals surface area contributed by atoms with E-state index >= 15 is 9.59 Å². The number of hydrogen-bond donors (Lipinski definition) is 3. The molecule has 0 bridgehead atoms. The minimum atomic E-state index is -4.49. The summed E-state index contributed by atoms with van der Waals surface area (Å²) in [5.74, 6) is -9.01. The summed E-state index contributed by atoms with van der Waals surface area (Å²) in [5, 5.41) is 7.55. The first kappa shape index (κ1) is 75.3. The molecule has 3 unspecified atom stereocenters. The molecule has 26 heteroatoms. The molecule has 10 atom stereocenters. The lowest BCUT2D eigenvalue weighted by atomic mass is 9.78. The van der Waals surface area contributed by atoms with Gasteiger partial charge in [0.1, 0.15) is 35.7 Å². The number of amides is 11. The Balaban J connectivity index is 1.36. The second-order valence-electron chi connectivity index (χ2n) is 28.1. The third kappa shape index (κ3) is 19.2. The first-order valence-corrected chi connectivity index (χ1v) is 34.4. The zero-order valence-corrected chi connectivity index (χ0v) is 57.3. The molecule has 0 aromatic rings. The zero-order chi connectivity index (χ0) is 68.1. The van der Waals surface area contributed by atoms with Gasteiger partial charge in [-0.2, -0.15) is 13.2 Å². The van der Waals surface area contributed by atoms with Crippen molar-refractivity contribution in [3.8, 4) is 0 Å². The lowest BCUT2D eigenvalue weighted by Gasteiger charge is -2.44. The molecule has 6 aliphatic rings. The highest BCUT2D eigenvalue weighted by Crippen LogP contribution is 2.44. The van der Waals surface area contributed by atoms with Crippen molar-refractivity contribution in [3.63, 3.8) is 0 Å². The lowest BCUT2D eigenvalue weighted by Crippen LogP contribution is -2.64. The largest absolute Gasteiger partial charge is 0.393 e. The summed E-state index contributed by atoms with van der Waals surface area (Å²) in [6, 6.07) is -6.77. The molecule has 0 aromatic heterocycles. The van der Waals surface area contributed by atoms with Crippen LogP contribution in [0.4, 0.5) is 13.2 Å². The molecule has 22 nitrogen and oxygen atoms in total. The molecular weight excluding hydrogens is 1220 g/mol. The minimum Gasteiger partial charge on any atom is -0.343 e. The fourth-order valence-electron chi connectivity index (χ4n) is 14.7. The molecule has 0 aromatic carbocycles. The molecule has 3 N–H and O–H groups in total. The quantitative estimate of drug-likeness (QED) is 0.231. The van der Waals surface area contributed by atoms with Crippen molar-refractivity contribution in [3.05, 3.63) is 0 Å². The van der Waals surface area contributed by atoms with Gasteiger partial charge in [-0.25, -0.2) is 0 Å². The van der Waals surface area contributed by atoms with Crippen molar-refractivity contribution < 1.29 is 65.9 Å². The normalized spacial score (nSPS) is 30.2. The predicted octanol–water partition coefficient (Wildman–Crippen LogP) is 5.86. The maximum atomic E-state index is 15.5. The highest BCUT2D eigenvalue weighted by atomic mass is 35.5. The number of hydrogen-bond acceptors (Lipinski definition) is 11. The number of rotatable bonds is 9. The number of halogens is 4. The van der Waals surface area contributed by atoms with E-state index in [-0.39, 0.29) is 75.5 Å². The van der Waals surface area contributed by atoms with Crippen molar-refractivity contribution in [2.24, 2.45) is 29.6 Å². The number of alkyl halides is 4. The molecule has 1 spiro atoms. The van der Waals surface area contributed by atoms with Crippen molar-refractivity contribution >= 4 is 76.6 Å². The minimum absolute atomic E-state index is 0.0191. The maximum absolute atomic E-state index is 15.5. The number of likely N-dealkylation sites (N-methyl/N-ethyl adjacent to an activating group) is 7. The van der Waals surface area contributed by atoms with Gasteiger partial charge < -0.3 is 55.1 Å². The highest BCUT2D eigenvalue weighted by molar-refractivity contribution is 6.20. The molecule has 5 saturated carbocycles. The molecule has 11 amide bonds. The standard InChI is InChI=1S/C66H107ClF3N11O11/c1-12-41(2)57-62(90)76(7)39-55(85)74(5)40-56(86)79(10)51(36-44-22-15-13-16-23-44)61(89)75(6)37-52(82)71-50(31-29-45-28-30-48(49(67)35-45)66(68,69)70)60(88)81(47-26-17-14-18-27-47)38-53(83)73-65(32-19-20-33-65)64(92)80(11)58(46-24-21-25-46)63(91)77(8)42(3)34-54(84)78(9)43(4)59(87)72-57/h41-51,57-58H,12-40H2,1-11H3,(H,71,82)(H,72,87)(H,73,83)/t41-,42+,43-,45?,48?,49?,50-,51-,57-,58-/m0/s1. The van der Waals surface area contributed by atoms with Crippen molar-refractivity contribution in [2.45, 2.75) is 248 Å². The topological polar surface area (TPSA) is 250 Å². The monoisotopic (exact) mass is 1320 g/mol. The summed E-state index contributed by atoms with van der Waals surface area (Å²) in [4.78, 5) is 171. The van der Waals surface area contributed by atoms with E-state index < -0.39 is 162 Å². The lowest BCUT2D eigenvalue weighted by molar-refractivity contribution is -0.182. The Bertz CT molecular complexity index is 2620. The molecular formula is C66H107ClF3N11O11. The Labute approximate surface area is 548 Å². The summed E-state index contributed by atoms with van der Waals surface area (Å²) >= 11 is 6.41. The van der Waals surface area contributed by atoms with Gasteiger partial charge in [-0.3, -0.25) is 52.7 Å². The van der Waals surface area contributed by atoms with E-state index in [9.17, 15) is 56.3 Å². The van der Waals surface area contributed by atoms with Crippen LogP contribution in [0.1, 0.15) is 188 Å². The number of carbonyl (C=O) groups excluding carboxylic acids is 11. The average molecular weight is 1320 g/mol. The van der Waals surface area contributed by atoms with Crippen LogP contribution >= 0.6 is 11.6 Å². The second-order valence-corrected chi connectivity index (χ2v) is 28.7. The zero-order valence-electron chi connectivity index (χ0n) is 56.6.